The number of benzene rings is 1. The van der Waals surface area contributed by atoms with Gasteiger partial charge in [-0.05, 0) is 37.3 Å². The Kier molecular flexibility index (Phi) is 6.08. The van der Waals surface area contributed by atoms with Crippen molar-refractivity contribution in [3.63, 3.8) is 0 Å². The summed E-state index contributed by atoms with van der Waals surface area (Å²) in [4.78, 5) is 37.0. The Morgan fingerprint density at radius 1 is 1.00 bits per heavy atom. The zero-order valence-corrected chi connectivity index (χ0v) is 14.3. The van der Waals surface area contributed by atoms with Crippen molar-refractivity contribution in [3.05, 3.63) is 46.2 Å². The predicted molar refractivity (Wildman–Crippen MR) is 95.8 cm³/mol. The summed E-state index contributed by atoms with van der Waals surface area (Å²) >= 11 is 1.43. The average molecular weight is 345 g/mol. The first kappa shape index (κ1) is 17.7. The van der Waals surface area contributed by atoms with Gasteiger partial charge in [0.05, 0.1) is 4.88 Å². The lowest BCUT2D eigenvalue weighted by Crippen LogP contribution is -2.24. The normalized spacial score (nSPS) is 10.1. The molecule has 0 bridgehead atoms. The number of Topliss-reactive ketones (excluding diaryl/α,β-unsaturated/α-hetero) is 1. The number of anilines is 2. The Morgan fingerprint density at radius 2 is 1.71 bits per heavy atom. The molecule has 0 atom stereocenters. The van der Waals surface area contributed by atoms with E-state index < -0.39 is 0 Å². The minimum atomic E-state index is -0.338. The summed E-state index contributed by atoms with van der Waals surface area (Å²) in [5.74, 6) is -0.271. The van der Waals surface area contributed by atoms with Gasteiger partial charge in [-0.15, -0.1) is 11.3 Å². The number of aryl methyl sites for hydroxylation is 1. The smallest absolute Gasteiger partial charge is 0.318 e. The third-order valence-electron chi connectivity index (χ3n) is 3.23. The molecule has 0 saturated heterocycles. The third kappa shape index (κ3) is 5.20. The number of carbonyl (C=O) groups excluding carboxylic acids is 3. The number of nitrogens with one attached hydrogen (secondary N) is 3. The van der Waals surface area contributed by atoms with Gasteiger partial charge in [0.15, 0.2) is 5.78 Å². The van der Waals surface area contributed by atoms with E-state index in [1.165, 1.54) is 18.4 Å². The van der Waals surface area contributed by atoms with Crippen LogP contribution in [0, 0.1) is 6.92 Å². The van der Waals surface area contributed by atoms with Crippen molar-refractivity contribution < 1.29 is 14.4 Å². The largest absolute Gasteiger partial charge is 0.341 e. The third-order valence-corrected chi connectivity index (χ3v) is 4.27. The predicted octanol–water partition coefficient (Wildman–Crippen LogP) is 3.41. The molecule has 0 unspecified atom stereocenters. The molecule has 0 aliphatic rings. The van der Waals surface area contributed by atoms with Gasteiger partial charge in [0.25, 0.3) is 0 Å². The molecule has 6 nitrogen and oxygen atoms in total. The molecule has 24 heavy (non-hydrogen) atoms. The van der Waals surface area contributed by atoms with Gasteiger partial charge in [-0.1, -0.05) is 6.07 Å². The molecular formula is C17H19N3O3S. The van der Waals surface area contributed by atoms with E-state index in [0.717, 1.165) is 4.88 Å². The van der Waals surface area contributed by atoms with Crippen LogP contribution in [0.4, 0.5) is 16.2 Å². The first-order chi connectivity index (χ1) is 11.5. The summed E-state index contributed by atoms with van der Waals surface area (Å²) in [5.41, 5.74) is 1.13. The van der Waals surface area contributed by atoms with Crippen LogP contribution in [0.2, 0.25) is 0 Å². The van der Waals surface area contributed by atoms with E-state index in [-0.39, 0.29) is 30.6 Å². The van der Waals surface area contributed by atoms with E-state index in [1.54, 1.807) is 30.3 Å². The van der Waals surface area contributed by atoms with Gasteiger partial charge in [0, 0.05) is 36.1 Å². The quantitative estimate of drug-likeness (QED) is 0.701. The number of ketones is 1. The molecule has 0 radical (unpaired) electrons. The lowest BCUT2D eigenvalue weighted by Gasteiger charge is -2.08. The molecule has 7 heteroatoms. The number of rotatable bonds is 6. The van der Waals surface area contributed by atoms with Gasteiger partial charge in [0.1, 0.15) is 0 Å². The maximum atomic E-state index is 12.0. The van der Waals surface area contributed by atoms with Crippen LogP contribution in [0.5, 0.6) is 0 Å². The highest BCUT2D eigenvalue weighted by molar-refractivity contribution is 7.14. The highest BCUT2D eigenvalue weighted by Crippen LogP contribution is 2.18. The molecule has 1 aromatic heterocycles. The topological polar surface area (TPSA) is 87.3 Å². The van der Waals surface area contributed by atoms with Crippen molar-refractivity contribution in [2.45, 2.75) is 19.8 Å². The first-order valence-corrected chi connectivity index (χ1v) is 8.28. The van der Waals surface area contributed by atoms with Crippen LogP contribution in [-0.2, 0) is 4.79 Å². The lowest BCUT2D eigenvalue weighted by molar-refractivity contribution is -0.116. The Labute approximate surface area is 144 Å². The molecule has 0 saturated carbocycles. The summed E-state index contributed by atoms with van der Waals surface area (Å²) < 4.78 is 0. The average Bonchev–Trinajstić information content (AvgIpc) is 2.99. The molecular weight excluding hydrogens is 326 g/mol. The van der Waals surface area contributed by atoms with Crippen molar-refractivity contribution in [1.29, 1.82) is 0 Å². The van der Waals surface area contributed by atoms with E-state index in [0.29, 0.717) is 16.3 Å². The van der Waals surface area contributed by atoms with Gasteiger partial charge < -0.3 is 16.0 Å². The van der Waals surface area contributed by atoms with E-state index in [2.05, 4.69) is 16.0 Å². The van der Waals surface area contributed by atoms with E-state index >= 15 is 0 Å². The summed E-state index contributed by atoms with van der Waals surface area (Å²) in [5, 5.41) is 7.80. The molecule has 3 N–H and O–H groups in total. The Hall–Kier alpha value is -2.67. The molecule has 0 fully saturated rings. The monoisotopic (exact) mass is 345 g/mol. The van der Waals surface area contributed by atoms with E-state index in [4.69, 9.17) is 0 Å². The number of hydrogen-bond donors (Lipinski definition) is 3. The number of thiophene rings is 1. The fourth-order valence-electron chi connectivity index (χ4n) is 2.03. The van der Waals surface area contributed by atoms with Crippen LogP contribution in [-0.4, -0.2) is 24.8 Å². The summed E-state index contributed by atoms with van der Waals surface area (Å²) in [6.07, 6.45) is 0.283. The fraction of sp³-hybridized carbons (Fsp3) is 0.235. The molecule has 2 rings (SSSR count). The second kappa shape index (κ2) is 8.26. The van der Waals surface area contributed by atoms with Gasteiger partial charge in [-0.3, -0.25) is 9.59 Å². The maximum Gasteiger partial charge on any atom is 0.318 e. The van der Waals surface area contributed by atoms with Crippen molar-refractivity contribution in [1.82, 2.24) is 5.32 Å². The van der Waals surface area contributed by atoms with Gasteiger partial charge in [0.2, 0.25) is 5.91 Å². The highest BCUT2D eigenvalue weighted by atomic mass is 32.1. The van der Waals surface area contributed by atoms with Gasteiger partial charge in [-0.2, -0.15) is 0 Å². The van der Waals surface area contributed by atoms with Crippen molar-refractivity contribution in [3.8, 4) is 0 Å². The Balaban J connectivity index is 1.87. The molecule has 126 valence electrons. The van der Waals surface area contributed by atoms with Crippen LogP contribution in [0.15, 0.2) is 36.4 Å². The first-order valence-electron chi connectivity index (χ1n) is 7.46. The Morgan fingerprint density at radius 3 is 2.33 bits per heavy atom. The van der Waals surface area contributed by atoms with Crippen LogP contribution in [0.3, 0.4) is 0 Å². The number of carbonyl (C=O) groups is 3. The molecule has 0 spiro atoms. The summed E-state index contributed by atoms with van der Waals surface area (Å²) in [6, 6.07) is 10.1. The highest BCUT2D eigenvalue weighted by Gasteiger charge is 2.11. The molecule has 0 aliphatic carbocycles. The zero-order chi connectivity index (χ0) is 17.5. The van der Waals surface area contributed by atoms with Crippen molar-refractivity contribution >= 4 is 40.4 Å². The van der Waals surface area contributed by atoms with E-state index in [9.17, 15) is 14.4 Å². The van der Waals surface area contributed by atoms with Gasteiger partial charge >= 0.3 is 6.03 Å². The summed E-state index contributed by atoms with van der Waals surface area (Å²) in [6.45, 7) is 1.94. The SMILES string of the molecule is CNC(=O)Nc1cccc(NC(=O)CCC(=O)c2ccc(C)s2)c1. The Bertz CT molecular complexity index is 755. The zero-order valence-electron chi connectivity index (χ0n) is 13.5. The van der Waals surface area contributed by atoms with Crippen LogP contribution >= 0.6 is 11.3 Å². The van der Waals surface area contributed by atoms with Crippen molar-refractivity contribution in [2.75, 3.05) is 17.7 Å². The number of urea groups is 1. The molecule has 3 amide bonds. The molecule has 1 heterocycles. The van der Waals surface area contributed by atoms with Gasteiger partial charge in [-0.25, -0.2) is 4.79 Å². The minimum absolute atomic E-state index is 0.0294. The van der Waals surface area contributed by atoms with Crippen LogP contribution in [0.25, 0.3) is 0 Å². The molecule has 2 aromatic rings. The second-order valence-corrected chi connectivity index (χ2v) is 6.45. The number of amides is 3. The minimum Gasteiger partial charge on any atom is -0.341 e. The second-order valence-electron chi connectivity index (χ2n) is 5.17. The number of hydrogen-bond acceptors (Lipinski definition) is 4. The standard InChI is InChI=1S/C17H19N3O3S/c1-11-6-8-15(24-11)14(21)7-9-16(22)19-12-4-3-5-13(10-12)20-17(23)18-2/h3-6,8,10H,7,9H2,1-2H3,(H,19,22)(H2,18,20,23). The molecule has 1 aromatic carbocycles. The van der Waals surface area contributed by atoms with E-state index in [1.807, 2.05) is 13.0 Å². The maximum absolute atomic E-state index is 12.0. The van der Waals surface area contributed by atoms with Crippen LogP contribution < -0.4 is 16.0 Å². The van der Waals surface area contributed by atoms with Crippen molar-refractivity contribution in [2.24, 2.45) is 0 Å². The lowest BCUT2D eigenvalue weighted by atomic mass is 10.2. The summed E-state index contributed by atoms with van der Waals surface area (Å²) in [7, 11) is 1.52. The van der Waals surface area contributed by atoms with Crippen LogP contribution in [0.1, 0.15) is 27.4 Å². The molecule has 0 aliphatic heterocycles. The fourth-order valence-corrected chi connectivity index (χ4v) is 2.86.